The van der Waals surface area contributed by atoms with E-state index in [4.69, 9.17) is 4.74 Å². The fourth-order valence-electron chi connectivity index (χ4n) is 6.53. The van der Waals surface area contributed by atoms with E-state index in [1.165, 1.54) is 11.1 Å². The molecule has 1 atom stereocenters. The Morgan fingerprint density at radius 3 is 2.38 bits per heavy atom. The van der Waals surface area contributed by atoms with Gasteiger partial charge in [0, 0.05) is 29.3 Å². The van der Waals surface area contributed by atoms with E-state index < -0.39 is 6.04 Å². The van der Waals surface area contributed by atoms with E-state index in [-0.39, 0.29) is 29.7 Å². The van der Waals surface area contributed by atoms with Crippen LogP contribution < -0.4 is 20.3 Å². The SMILES string of the molecule is COc1ccccc1C1C2=C(CC(C)(C)CC2=O)Nc2ccccc2N1CC(=O)NC1Cc2ccccc2C1. The number of Topliss-reactive ketones (excluding diaryl/α,β-unsaturated/α-hetero) is 1. The highest BCUT2D eigenvalue weighted by Gasteiger charge is 2.42. The molecule has 3 aromatic carbocycles. The summed E-state index contributed by atoms with van der Waals surface area (Å²) < 4.78 is 5.80. The predicted octanol–water partition coefficient (Wildman–Crippen LogP) is 5.60. The number of carbonyl (C=O) groups is 2. The van der Waals surface area contributed by atoms with Crippen molar-refractivity contribution in [2.24, 2.45) is 5.41 Å². The summed E-state index contributed by atoms with van der Waals surface area (Å²) in [6.07, 6.45) is 2.86. The van der Waals surface area contributed by atoms with Crippen molar-refractivity contribution >= 4 is 23.1 Å². The van der Waals surface area contributed by atoms with Crippen molar-refractivity contribution in [3.63, 3.8) is 0 Å². The molecule has 6 rings (SSSR count). The molecule has 6 nitrogen and oxygen atoms in total. The summed E-state index contributed by atoms with van der Waals surface area (Å²) in [4.78, 5) is 29.7. The van der Waals surface area contributed by atoms with Crippen molar-refractivity contribution in [3.05, 3.63) is 101 Å². The normalized spacial score (nSPS) is 19.9. The Hall–Kier alpha value is -4.06. The van der Waals surface area contributed by atoms with Crippen LogP contribution in [0, 0.1) is 5.41 Å². The minimum atomic E-state index is -0.470. The number of rotatable bonds is 5. The van der Waals surface area contributed by atoms with Gasteiger partial charge in [0.05, 0.1) is 31.1 Å². The molecule has 0 radical (unpaired) electrons. The van der Waals surface area contributed by atoms with Crippen molar-refractivity contribution in [1.82, 2.24) is 5.32 Å². The minimum Gasteiger partial charge on any atom is -0.496 e. The Morgan fingerprint density at radius 1 is 0.974 bits per heavy atom. The lowest BCUT2D eigenvalue weighted by Gasteiger charge is -2.38. The number of fused-ring (bicyclic) bond motifs is 2. The van der Waals surface area contributed by atoms with Gasteiger partial charge in [-0.2, -0.15) is 0 Å². The summed E-state index contributed by atoms with van der Waals surface area (Å²) in [5, 5.41) is 6.91. The number of allylic oxidation sites excluding steroid dienone is 1. The Bertz CT molecular complexity index is 1450. The summed E-state index contributed by atoms with van der Waals surface area (Å²) >= 11 is 0. The van der Waals surface area contributed by atoms with Gasteiger partial charge in [0.1, 0.15) is 5.75 Å². The molecule has 1 amide bonds. The number of nitrogens with one attached hydrogen (secondary N) is 2. The summed E-state index contributed by atoms with van der Waals surface area (Å²) in [5.74, 6) is 0.743. The van der Waals surface area contributed by atoms with Crippen molar-refractivity contribution < 1.29 is 14.3 Å². The average molecular weight is 522 g/mol. The van der Waals surface area contributed by atoms with Gasteiger partial charge in [-0.15, -0.1) is 0 Å². The predicted molar refractivity (Wildman–Crippen MR) is 154 cm³/mol. The van der Waals surface area contributed by atoms with Crippen LogP contribution in [0.1, 0.15) is 49.4 Å². The van der Waals surface area contributed by atoms with Crippen molar-refractivity contribution in [1.29, 1.82) is 0 Å². The lowest BCUT2D eigenvalue weighted by molar-refractivity contribution is -0.121. The fraction of sp³-hybridized carbons (Fsp3) is 0.333. The van der Waals surface area contributed by atoms with E-state index in [0.717, 1.165) is 47.5 Å². The maximum Gasteiger partial charge on any atom is 0.239 e. The van der Waals surface area contributed by atoms with E-state index in [1.54, 1.807) is 7.11 Å². The van der Waals surface area contributed by atoms with Gasteiger partial charge in [0.15, 0.2) is 5.78 Å². The fourth-order valence-corrected chi connectivity index (χ4v) is 6.53. The summed E-state index contributed by atoms with van der Waals surface area (Å²) in [7, 11) is 1.65. The first-order chi connectivity index (χ1) is 18.8. The minimum absolute atomic E-state index is 0.0601. The van der Waals surface area contributed by atoms with E-state index in [2.05, 4.69) is 53.6 Å². The quantitative estimate of drug-likeness (QED) is 0.458. The molecular weight excluding hydrogens is 486 g/mol. The summed E-state index contributed by atoms with van der Waals surface area (Å²) in [6.45, 7) is 4.38. The number of ketones is 1. The molecule has 3 aromatic rings. The molecule has 2 N–H and O–H groups in total. The highest BCUT2D eigenvalue weighted by Crippen LogP contribution is 2.49. The van der Waals surface area contributed by atoms with Gasteiger partial charge in [-0.05, 0) is 54.0 Å². The number of anilines is 2. The molecule has 0 spiro atoms. The monoisotopic (exact) mass is 521 g/mol. The molecule has 1 unspecified atom stereocenters. The number of hydrogen-bond acceptors (Lipinski definition) is 5. The summed E-state index contributed by atoms with van der Waals surface area (Å²) in [6, 6.07) is 23.8. The number of nitrogens with zero attached hydrogens (tertiary/aromatic N) is 1. The molecule has 2 aliphatic carbocycles. The molecule has 1 aliphatic heterocycles. The third-order valence-corrected chi connectivity index (χ3v) is 8.17. The number of methoxy groups -OCH3 is 1. The van der Waals surface area contributed by atoms with Crippen LogP contribution in [0.3, 0.4) is 0 Å². The van der Waals surface area contributed by atoms with Crippen LogP contribution in [0.25, 0.3) is 0 Å². The van der Waals surface area contributed by atoms with Crippen LogP contribution >= 0.6 is 0 Å². The highest BCUT2D eigenvalue weighted by molar-refractivity contribution is 6.02. The van der Waals surface area contributed by atoms with Crippen molar-refractivity contribution in [2.75, 3.05) is 23.9 Å². The smallest absolute Gasteiger partial charge is 0.239 e. The largest absolute Gasteiger partial charge is 0.496 e. The molecular formula is C33H35N3O3. The van der Waals surface area contributed by atoms with Crippen molar-refractivity contribution in [3.8, 4) is 5.75 Å². The van der Waals surface area contributed by atoms with Crippen LogP contribution in [0.15, 0.2) is 84.1 Å². The van der Waals surface area contributed by atoms with Gasteiger partial charge in [-0.3, -0.25) is 9.59 Å². The lowest BCUT2D eigenvalue weighted by atomic mass is 9.73. The molecule has 0 fully saturated rings. The number of ether oxygens (including phenoxy) is 1. The molecule has 0 aromatic heterocycles. The van der Waals surface area contributed by atoms with E-state index >= 15 is 0 Å². The zero-order chi connectivity index (χ0) is 27.1. The lowest BCUT2D eigenvalue weighted by Crippen LogP contribution is -2.45. The standard InChI is InChI=1S/C33H35N3O3/c1-33(2)18-26-31(28(37)19-33)32(24-12-6-9-15-29(24)39-3)36(27-14-8-7-13-25(27)35-26)20-30(38)34-23-16-21-10-4-5-11-22(21)17-23/h4-15,23,32,35H,16-20H2,1-3H3,(H,34,38). The highest BCUT2D eigenvalue weighted by atomic mass is 16.5. The summed E-state index contributed by atoms with van der Waals surface area (Å²) in [5.41, 5.74) is 6.73. The van der Waals surface area contributed by atoms with Gasteiger partial charge in [-0.1, -0.05) is 68.4 Å². The second kappa shape index (κ2) is 9.92. The maximum absolute atomic E-state index is 13.9. The van der Waals surface area contributed by atoms with Crippen LogP contribution in [0.2, 0.25) is 0 Å². The third-order valence-electron chi connectivity index (χ3n) is 8.17. The number of hydrogen-bond donors (Lipinski definition) is 2. The van der Waals surface area contributed by atoms with Crippen LogP contribution in [-0.4, -0.2) is 31.4 Å². The van der Waals surface area contributed by atoms with E-state index in [1.807, 2.05) is 48.5 Å². The van der Waals surface area contributed by atoms with Gasteiger partial charge in [-0.25, -0.2) is 0 Å². The van der Waals surface area contributed by atoms with E-state index in [0.29, 0.717) is 12.2 Å². The molecule has 1 heterocycles. The molecule has 0 bridgehead atoms. The third kappa shape index (κ3) is 4.80. The topological polar surface area (TPSA) is 70.7 Å². The molecule has 0 saturated heterocycles. The Labute approximate surface area is 230 Å². The second-order valence-corrected chi connectivity index (χ2v) is 11.7. The Balaban J connectivity index is 1.42. The first kappa shape index (κ1) is 25.2. The van der Waals surface area contributed by atoms with Gasteiger partial charge in [0.2, 0.25) is 5.91 Å². The Morgan fingerprint density at radius 2 is 1.64 bits per heavy atom. The average Bonchev–Trinajstić information content (AvgIpc) is 3.26. The van der Waals surface area contributed by atoms with Crippen LogP contribution in [-0.2, 0) is 22.4 Å². The second-order valence-electron chi connectivity index (χ2n) is 11.7. The maximum atomic E-state index is 13.9. The zero-order valence-electron chi connectivity index (χ0n) is 22.8. The first-order valence-electron chi connectivity index (χ1n) is 13.7. The van der Waals surface area contributed by atoms with Crippen LogP contribution in [0.4, 0.5) is 11.4 Å². The van der Waals surface area contributed by atoms with E-state index in [9.17, 15) is 9.59 Å². The first-order valence-corrected chi connectivity index (χ1v) is 13.7. The molecule has 200 valence electrons. The molecule has 39 heavy (non-hydrogen) atoms. The van der Waals surface area contributed by atoms with Crippen LogP contribution in [0.5, 0.6) is 5.75 Å². The number of para-hydroxylation sites is 3. The number of benzene rings is 3. The zero-order valence-corrected chi connectivity index (χ0v) is 22.8. The number of carbonyl (C=O) groups excluding carboxylic acids is 2. The molecule has 6 heteroatoms. The number of amides is 1. The van der Waals surface area contributed by atoms with Crippen molar-refractivity contribution in [2.45, 2.75) is 51.6 Å². The molecule has 3 aliphatic rings. The molecule has 0 saturated carbocycles. The van der Waals surface area contributed by atoms with Gasteiger partial charge in [0.25, 0.3) is 0 Å². The Kier molecular flexibility index (Phi) is 6.42. The van der Waals surface area contributed by atoms with Gasteiger partial charge >= 0.3 is 0 Å². The van der Waals surface area contributed by atoms with Gasteiger partial charge < -0.3 is 20.3 Å².